The number of furan rings is 1. The Morgan fingerprint density at radius 3 is 2.46 bits per heavy atom. The predicted octanol–water partition coefficient (Wildman–Crippen LogP) is 3.29. The number of rotatable bonds is 5. The number of fused-ring (bicyclic) bond motifs is 1. The van der Waals surface area contributed by atoms with Crippen molar-refractivity contribution in [1.29, 1.82) is 0 Å². The summed E-state index contributed by atoms with van der Waals surface area (Å²) in [6.45, 7) is 0.547. The van der Waals surface area contributed by atoms with Crippen LogP contribution in [0.4, 0.5) is 0 Å². The third-order valence-corrected chi connectivity index (χ3v) is 4.05. The molecular weight excluding hydrogens is 306 g/mol. The van der Waals surface area contributed by atoms with Gasteiger partial charge in [0.25, 0.3) is 0 Å². The highest BCUT2D eigenvalue weighted by atomic mass is 16.5. The van der Waals surface area contributed by atoms with Crippen LogP contribution in [-0.4, -0.2) is 36.3 Å². The van der Waals surface area contributed by atoms with Crippen molar-refractivity contribution in [1.82, 2.24) is 4.90 Å². The summed E-state index contributed by atoms with van der Waals surface area (Å²) in [5.74, 6) is 0.926. The van der Waals surface area contributed by atoms with Crippen LogP contribution in [0.1, 0.15) is 22.8 Å². The van der Waals surface area contributed by atoms with Gasteiger partial charge in [-0.05, 0) is 43.9 Å². The predicted molar refractivity (Wildman–Crippen MR) is 92.3 cm³/mol. The second-order valence-corrected chi connectivity index (χ2v) is 6.04. The summed E-state index contributed by atoms with van der Waals surface area (Å²) in [4.78, 5) is 1.96. The number of ether oxygens (including phenoxy) is 1. The fourth-order valence-corrected chi connectivity index (χ4v) is 2.86. The van der Waals surface area contributed by atoms with E-state index in [0.717, 1.165) is 22.3 Å². The topological polar surface area (TPSA) is 66.1 Å². The number of nitrogens with zero attached hydrogens (tertiary/aromatic N) is 1. The van der Waals surface area contributed by atoms with Crippen LogP contribution in [0.3, 0.4) is 0 Å². The Morgan fingerprint density at radius 1 is 1.12 bits per heavy atom. The molecule has 0 fully saturated rings. The van der Waals surface area contributed by atoms with Gasteiger partial charge in [-0.25, -0.2) is 0 Å². The zero-order chi connectivity index (χ0) is 17.3. The minimum Gasteiger partial charge on any atom is -0.508 e. The zero-order valence-corrected chi connectivity index (χ0v) is 14.0. The standard InChI is InChI=1S/C19H21NO4/c1-20(2)10-14-16(21)8-9-17-18(14)15(11-24-17)19(22)12-4-6-13(23-3)7-5-12/h4-9,11,19,21-22H,10H2,1-3H3/t19-/m1/s1. The Kier molecular flexibility index (Phi) is 4.46. The molecule has 3 aromatic rings. The van der Waals surface area contributed by atoms with E-state index in [9.17, 15) is 10.2 Å². The zero-order valence-electron chi connectivity index (χ0n) is 14.0. The van der Waals surface area contributed by atoms with Crippen molar-refractivity contribution in [3.8, 4) is 11.5 Å². The van der Waals surface area contributed by atoms with E-state index in [1.807, 2.05) is 31.1 Å². The van der Waals surface area contributed by atoms with Crippen LogP contribution in [0, 0.1) is 0 Å². The monoisotopic (exact) mass is 327 g/mol. The molecule has 1 atom stereocenters. The van der Waals surface area contributed by atoms with Crippen LogP contribution in [0.15, 0.2) is 47.1 Å². The van der Waals surface area contributed by atoms with E-state index in [0.29, 0.717) is 17.7 Å². The molecule has 24 heavy (non-hydrogen) atoms. The highest BCUT2D eigenvalue weighted by Gasteiger charge is 2.21. The normalized spacial score (nSPS) is 12.7. The van der Waals surface area contributed by atoms with Crippen LogP contribution < -0.4 is 4.74 Å². The number of hydrogen-bond donors (Lipinski definition) is 2. The van der Waals surface area contributed by atoms with Crippen molar-refractivity contribution < 1.29 is 19.4 Å². The first-order chi connectivity index (χ1) is 11.5. The number of aliphatic hydroxyl groups excluding tert-OH is 1. The van der Waals surface area contributed by atoms with E-state index in [-0.39, 0.29) is 5.75 Å². The van der Waals surface area contributed by atoms with Crippen LogP contribution in [0.5, 0.6) is 11.5 Å². The molecule has 126 valence electrons. The molecule has 0 radical (unpaired) electrons. The Hall–Kier alpha value is -2.50. The van der Waals surface area contributed by atoms with E-state index >= 15 is 0 Å². The van der Waals surface area contributed by atoms with Crippen LogP contribution in [0.2, 0.25) is 0 Å². The van der Waals surface area contributed by atoms with Gasteiger partial charge in [0.05, 0.1) is 13.4 Å². The maximum atomic E-state index is 10.8. The van der Waals surface area contributed by atoms with Crippen molar-refractivity contribution >= 4 is 11.0 Å². The number of phenolic OH excluding ortho intramolecular Hbond substituents is 1. The molecular formula is C19H21NO4. The lowest BCUT2D eigenvalue weighted by Gasteiger charge is -2.15. The second-order valence-electron chi connectivity index (χ2n) is 6.04. The number of phenols is 1. The van der Waals surface area contributed by atoms with E-state index < -0.39 is 6.10 Å². The minimum absolute atomic E-state index is 0.195. The molecule has 0 aliphatic heterocycles. The first-order valence-corrected chi connectivity index (χ1v) is 7.70. The summed E-state index contributed by atoms with van der Waals surface area (Å²) in [6, 6.07) is 10.6. The molecule has 5 heteroatoms. The Balaban J connectivity index is 2.09. The van der Waals surface area contributed by atoms with Crippen LogP contribution in [-0.2, 0) is 6.54 Å². The summed E-state index contributed by atoms with van der Waals surface area (Å²) in [5, 5.41) is 21.8. The lowest BCUT2D eigenvalue weighted by molar-refractivity contribution is 0.220. The number of aliphatic hydroxyl groups is 1. The van der Waals surface area contributed by atoms with Crippen molar-refractivity contribution in [2.45, 2.75) is 12.6 Å². The first-order valence-electron chi connectivity index (χ1n) is 7.70. The third-order valence-electron chi connectivity index (χ3n) is 4.05. The largest absolute Gasteiger partial charge is 0.508 e. The van der Waals surface area contributed by atoms with Gasteiger partial charge in [0.2, 0.25) is 0 Å². The van der Waals surface area contributed by atoms with Crippen molar-refractivity contribution in [3.63, 3.8) is 0 Å². The summed E-state index contributed by atoms with van der Waals surface area (Å²) in [5.41, 5.74) is 2.77. The molecule has 2 aromatic carbocycles. The second kappa shape index (κ2) is 6.55. The lowest BCUT2D eigenvalue weighted by atomic mass is 9.97. The van der Waals surface area contributed by atoms with Gasteiger partial charge in [-0.3, -0.25) is 0 Å². The minimum atomic E-state index is -0.847. The molecule has 0 amide bonds. The number of methoxy groups -OCH3 is 1. The quantitative estimate of drug-likeness (QED) is 0.753. The van der Waals surface area contributed by atoms with E-state index in [1.165, 1.54) is 0 Å². The Labute approximate surface area is 140 Å². The van der Waals surface area contributed by atoms with Crippen molar-refractivity contribution in [2.75, 3.05) is 21.2 Å². The number of benzene rings is 2. The van der Waals surface area contributed by atoms with Crippen molar-refractivity contribution in [3.05, 3.63) is 59.4 Å². The van der Waals surface area contributed by atoms with E-state index in [1.54, 1.807) is 37.6 Å². The van der Waals surface area contributed by atoms with E-state index in [4.69, 9.17) is 9.15 Å². The molecule has 0 unspecified atom stereocenters. The van der Waals surface area contributed by atoms with Crippen molar-refractivity contribution in [2.24, 2.45) is 0 Å². The highest BCUT2D eigenvalue weighted by molar-refractivity contribution is 5.87. The van der Waals surface area contributed by atoms with Gasteiger partial charge < -0.3 is 24.3 Å². The average molecular weight is 327 g/mol. The van der Waals surface area contributed by atoms with Gasteiger partial charge in [0.15, 0.2) is 0 Å². The number of hydrogen-bond acceptors (Lipinski definition) is 5. The molecule has 0 saturated carbocycles. The average Bonchev–Trinajstić information content (AvgIpc) is 3.01. The van der Waals surface area contributed by atoms with E-state index in [2.05, 4.69) is 0 Å². The smallest absolute Gasteiger partial charge is 0.134 e. The summed E-state index contributed by atoms with van der Waals surface area (Å²) in [6.07, 6.45) is 0.706. The molecule has 1 aromatic heterocycles. The Bertz CT molecular complexity index is 836. The lowest BCUT2D eigenvalue weighted by Crippen LogP contribution is -2.11. The van der Waals surface area contributed by atoms with Gasteiger partial charge in [-0.1, -0.05) is 12.1 Å². The third kappa shape index (κ3) is 2.96. The molecule has 0 bridgehead atoms. The molecule has 0 spiro atoms. The molecule has 0 aliphatic carbocycles. The van der Waals surface area contributed by atoms with Gasteiger partial charge in [-0.2, -0.15) is 0 Å². The summed E-state index contributed by atoms with van der Waals surface area (Å²) in [7, 11) is 5.46. The molecule has 5 nitrogen and oxygen atoms in total. The van der Waals surface area contributed by atoms with Gasteiger partial charge >= 0.3 is 0 Å². The van der Waals surface area contributed by atoms with Gasteiger partial charge in [0, 0.05) is 23.1 Å². The summed E-state index contributed by atoms with van der Waals surface area (Å²) >= 11 is 0. The maximum absolute atomic E-state index is 10.8. The first kappa shape index (κ1) is 16.4. The fourth-order valence-electron chi connectivity index (χ4n) is 2.86. The van der Waals surface area contributed by atoms with Crippen LogP contribution in [0.25, 0.3) is 11.0 Å². The molecule has 0 saturated heterocycles. The Morgan fingerprint density at radius 2 is 1.83 bits per heavy atom. The molecule has 0 aliphatic rings. The van der Waals surface area contributed by atoms with Crippen LogP contribution >= 0.6 is 0 Å². The van der Waals surface area contributed by atoms with Gasteiger partial charge in [-0.15, -0.1) is 0 Å². The summed E-state index contributed by atoms with van der Waals surface area (Å²) < 4.78 is 10.7. The van der Waals surface area contributed by atoms with Gasteiger partial charge in [0.1, 0.15) is 23.2 Å². The highest BCUT2D eigenvalue weighted by Crippen LogP contribution is 2.37. The SMILES string of the molecule is COc1ccc([C@@H](O)c2coc3ccc(O)c(CN(C)C)c23)cc1. The molecule has 3 rings (SSSR count). The number of aromatic hydroxyl groups is 1. The fraction of sp³-hybridized carbons (Fsp3) is 0.263. The molecule has 1 heterocycles. The molecule has 2 N–H and O–H groups in total. The maximum Gasteiger partial charge on any atom is 0.134 e.